The second-order valence-electron chi connectivity index (χ2n) is 5.25. The second kappa shape index (κ2) is 8.24. The van der Waals surface area contributed by atoms with Gasteiger partial charge in [-0.3, -0.25) is 18.9 Å². The summed E-state index contributed by atoms with van der Waals surface area (Å²) in [6.45, 7) is -0.982. The Balaban J connectivity index is 2.21. The number of aliphatic hydroxyl groups is 2. The van der Waals surface area contributed by atoms with Gasteiger partial charge in [-0.2, -0.15) is 4.31 Å². The van der Waals surface area contributed by atoms with Gasteiger partial charge in [0.1, 0.15) is 24.0 Å². The number of azide groups is 1. The minimum Gasteiger partial charge on any atom is -0.387 e. The maximum atomic E-state index is 11.9. The molecule has 28 heavy (non-hydrogen) atoms. The van der Waals surface area contributed by atoms with Crippen LogP contribution in [0.25, 0.3) is 10.4 Å². The molecule has 6 N–H and O–H groups in total. The highest BCUT2D eigenvalue weighted by Gasteiger charge is 2.45. The molecule has 1 aromatic rings. The van der Waals surface area contributed by atoms with E-state index in [-0.39, 0.29) is 0 Å². The third kappa shape index (κ3) is 5.35. The zero-order valence-corrected chi connectivity index (χ0v) is 15.2. The van der Waals surface area contributed by atoms with E-state index in [2.05, 4.69) is 18.9 Å². The summed E-state index contributed by atoms with van der Waals surface area (Å²) in [4.78, 5) is 53.8. The highest BCUT2D eigenvalue weighted by Crippen LogP contribution is 2.57. The third-order valence-corrected chi connectivity index (χ3v) is 5.48. The second-order valence-corrected chi connectivity index (χ2v) is 8.08. The first-order valence-corrected chi connectivity index (χ1v) is 10.0. The van der Waals surface area contributed by atoms with Crippen LogP contribution < -0.4 is 11.2 Å². The predicted octanol–water partition coefficient (Wildman–Crippen LogP) is -1.68. The summed E-state index contributed by atoms with van der Waals surface area (Å²) in [5.74, 6) is 0. The van der Waals surface area contributed by atoms with Crippen LogP contribution in [0.2, 0.25) is 0 Å². The van der Waals surface area contributed by atoms with Crippen molar-refractivity contribution in [3.63, 3.8) is 0 Å². The summed E-state index contributed by atoms with van der Waals surface area (Å²) in [7, 11) is -10.6. The van der Waals surface area contributed by atoms with Gasteiger partial charge in [0.2, 0.25) is 0 Å². The molecule has 1 saturated heterocycles. The average Bonchev–Trinajstić information content (AvgIpc) is 2.82. The molecule has 0 aliphatic carbocycles. The molecule has 19 heteroatoms. The van der Waals surface area contributed by atoms with Crippen LogP contribution in [0.4, 0.5) is 5.69 Å². The molecule has 0 saturated carbocycles. The first kappa shape index (κ1) is 22.4. The van der Waals surface area contributed by atoms with Crippen LogP contribution in [0.5, 0.6) is 0 Å². The molecule has 5 atom stereocenters. The van der Waals surface area contributed by atoms with E-state index in [0.717, 1.165) is 6.20 Å². The minimum absolute atomic E-state index is 0.554. The molecule has 0 spiro atoms. The van der Waals surface area contributed by atoms with E-state index in [4.69, 9.17) is 20.1 Å². The van der Waals surface area contributed by atoms with Crippen molar-refractivity contribution >= 4 is 21.3 Å². The van der Waals surface area contributed by atoms with E-state index in [0.29, 0.717) is 4.57 Å². The molecule has 2 heterocycles. The number of hydrogen-bond donors (Lipinski definition) is 6. The third-order valence-electron chi connectivity index (χ3n) is 3.32. The van der Waals surface area contributed by atoms with E-state index in [9.17, 15) is 33.8 Å². The van der Waals surface area contributed by atoms with Crippen molar-refractivity contribution < 1.29 is 47.6 Å². The van der Waals surface area contributed by atoms with Crippen molar-refractivity contribution in [2.45, 2.75) is 24.5 Å². The lowest BCUT2D eigenvalue weighted by Crippen LogP contribution is -2.37. The monoisotopic (exact) mass is 445 g/mol. The van der Waals surface area contributed by atoms with Crippen molar-refractivity contribution in [2.75, 3.05) is 6.61 Å². The topological polar surface area (TPSA) is 267 Å². The van der Waals surface area contributed by atoms with E-state index in [1.54, 1.807) is 4.98 Å². The molecule has 156 valence electrons. The van der Waals surface area contributed by atoms with Gasteiger partial charge < -0.3 is 29.6 Å². The Bertz CT molecular complexity index is 994. The first-order valence-electron chi connectivity index (χ1n) is 7.01. The SMILES string of the molecule is [N-]=[N+]=Nc1cn([C@@H]2O[C@H](COP(=O)(O)OP(=O)(O)O)[C@@H](O)[C@H]2O)c(=O)[nH]c1=O. The summed E-state index contributed by atoms with van der Waals surface area (Å²) in [6, 6.07) is 0. The lowest BCUT2D eigenvalue weighted by Gasteiger charge is -2.18. The summed E-state index contributed by atoms with van der Waals surface area (Å²) >= 11 is 0. The molecule has 1 aromatic heterocycles. The largest absolute Gasteiger partial charge is 0.481 e. The van der Waals surface area contributed by atoms with Crippen molar-refractivity contribution in [3.8, 4) is 0 Å². The molecular weight excluding hydrogens is 432 g/mol. The number of rotatable bonds is 7. The number of H-pyrrole nitrogens is 1. The summed E-state index contributed by atoms with van der Waals surface area (Å²) < 4.78 is 35.6. The molecule has 0 amide bonds. The Morgan fingerprint density at radius 3 is 2.50 bits per heavy atom. The number of aromatic amines is 1. The van der Waals surface area contributed by atoms with Crippen molar-refractivity contribution in [1.82, 2.24) is 9.55 Å². The lowest BCUT2D eigenvalue weighted by atomic mass is 10.1. The van der Waals surface area contributed by atoms with E-state index in [1.165, 1.54) is 0 Å². The van der Waals surface area contributed by atoms with Crippen LogP contribution in [-0.2, 0) is 22.7 Å². The molecule has 1 fully saturated rings. The number of hydrogen-bond acceptors (Lipinski definition) is 10. The van der Waals surface area contributed by atoms with Crippen LogP contribution in [-0.4, -0.2) is 59.4 Å². The van der Waals surface area contributed by atoms with Crippen LogP contribution in [0, 0.1) is 0 Å². The van der Waals surface area contributed by atoms with Crippen LogP contribution in [0.3, 0.4) is 0 Å². The number of nitrogens with zero attached hydrogens (tertiary/aromatic N) is 4. The molecule has 0 radical (unpaired) electrons. The number of ether oxygens (including phenoxy) is 1. The number of phosphoric acid groups is 2. The maximum Gasteiger partial charge on any atom is 0.481 e. The molecule has 1 aliphatic rings. The Morgan fingerprint density at radius 2 is 1.93 bits per heavy atom. The molecule has 0 aromatic carbocycles. The summed E-state index contributed by atoms with van der Waals surface area (Å²) in [5, 5.41) is 23.0. The molecule has 2 rings (SSSR count). The molecular formula is C9H13N5O12P2. The van der Waals surface area contributed by atoms with E-state index >= 15 is 0 Å². The van der Waals surface area contributed by atoms with E-state index < -0.39 is 63.7 Å². The first-order chi connectivity index (χ1) is 12.8. The fourth-order valence-electron chi connectivity index (χ4n) is 2.21. The van der Waals surface area contributed by atoms with E-state index in [1.807, 2.05) is 0 Å². The zero-order valence-electron chi connectivity index (χ0n) is 13.4. The fraction of sp³-hybridized carbons (Fsp3) is 0.556. The zero-order chi connectivity index (χ0) is 21.3. The fourth-order valence-corrected chi connectivity index (χ4v) is 3.80. The van der Waals surface area contributed by atoms with Gasteiger partial charge in [-0.05, 0) is 5.53 Å². The molecule has 0 bridgehead atoms. The lowest BCUT2D eigenvalue weighted by molar-refractivity contribution is -0.0541. The van der Waals surface area contributed by atoms with Gasteiger partial charge in [-0.15, -0.1) is 0 Å². The smallest absolute Gasteiger partial charge is 0.387 e. The van der Waals surface area contributed by atoms with Gasteiger partial charge in [0, 0.05) is 11.1 Å². The van der Waals surface area contributed by atoms with Crippen molar-refractivity contribution in [1.29, 1.82) is 0 Å². The highest BCUT2D eigenvalue weighted by atomic mass is 31.3. The Kier molecular flexibility index (Phi) is 6.60. The quantitative estimate of drug-likeness (QED) is 0.119. The number of phosphoric ester groups is 1. The highest BCUT2D eigenvalue weighted by molar-refractivity contribution is 7.60. The average molecular weight is 445 g/mol. The minimum atomic E-state index is -5.37. The number of aliphatic hydroxyl groups excluding tert-OH is 2. The van der Waals surface area contributed by atoms with Gasteiger partial charge in [0.05, 0.1) is 6.61 Å². The molecule has 1 unspecified atom stereocenters. The van der Waals surface area contributed by atoms with Gasteiger partial charge in [-0.25, -0.2) is 13.9 Å². The van der Waals surface area contributed by atoms with Gasteiger partial charge >= 0.3 is 21.3 Å². The summed E-state index contributed by atoms with van der Waals surface area (Å²) in [6.07, 6.45) is -6.04. The van der Waals surface area contributed by atoms with Crippen LogP contribution in [0.15, 0.2) is 20.9 Å². The predicted molar refractivity (Wildman–Crippen MR) is 85.0 cm³/mol. The maximum absolute atomic E-state index is 11.9. The van der Waals surface area contributed by atoms with Gasteiger partial charge in [-0.1, -0.05) is 5.11 Å². The van der Waals surface area contributed by atoms with Crippen molar-refractivity contribution in [2.24, 2.45) is 5.11 Å². The standard InChI is InChI=1S/C9H13N5O12P2/c10-13-12-3-1-14(9(18)11-7(3)17)8-6(16)5(15)4(25-8)2-24-28(22,23)26-27(19,20)21/h1,4-6,8,15-16H,2H2,(H,22,23)(H,11,17,18)(H2,19,20,21)/t4-,5-,6-,8-/m1/s1. The molecule has 17 nitrogen and oxygen atoms in total. The Labute approximate surface area is 153 Å². The van der Waals surface area contributed by atoms with Gasteiger partial charge in [0.15, 0.2) is 6.23 Å². The van der Waals surface area contributed by atoms with Crippen LogP contribution >= 0.6 is 15.6 Å². The number of nitrogens with one attached hydrogen (secondary N) is 1. The summed E-state index contributed by atoms with van der Waals surface area (Å²) in [5.41, 5.74) is 5.72. The number of aromatic nitrogens is 2. The Morgan fingerprint density at radius 1 is 1.29 bits per heavy atom. The normalized spacial score (nSPS) is 27.2. The van der Waals surface area contributed by atoms with Gasteiger partial charge in [0.25, 0.3) is 5.56 Å². The van der Waals surface area contributed by atoms with Crippen molar-refractivity contribution in [3.05, 3.63) is 37.5 Å². The molecule has 1 aliphatic heterocycles. The Hall–Kier alpha value is -1.87. The van der Waals surface area contributed by atoms with Crippen LogP contribution in [0.1, 0.15) is 6.23 Å².